The number of nitrogens with one attached hydrogen (secondary N) is 1. The van der Waals surface area contributed by atoms with Gasteiger partial charge in [-0.1, -0.05) is 17.7 Å². The summed E-state index contributed by atoms with van der Waals surface area (Å²) in [5.41, 5.74) is 1.09. The average Bonchev–Trinajstić information content (AvgIpc) is 2.31. The van der Waals surface area contributed by atoms with Crippen molar-refractivity contribution >= 4 is 33.2 Å². The third kappa shape index (κ3) is 3.60. The quantitative estimate of drug-likeness (QED) is 0.911. The van der Waals surface area contributed by atoms with E-state index in [4.69, 9.17) is 11.6 Å². The zero-order valence-electron chi connectivity index (χ0n) is 10.0. The van der Waals surface area contributed by atoms with Crippen molar-refractivity contribution in [3.63, 3.8) is 0 Å². The summed E-state index contributed by atoms with van der Waals surface area (Å²) in [6.45, 7) is 3.44. The second-order valence-electron chi connectivity index (χ2n) is 4.75. The maximum atomic E-state index is 6.06. The number of benzene rings is 1. The maximum Gasteiger partial charge on any atom is 0.0593 e. The van der Waals surface area contributed by atoms with Crippen LogP contribution in [0.4, 0.5) is 5.69 Å². The van der Waals surface area contributed by atoms with Crippen molar-refractivity contribution in [2.45, 2.75) is 12.8 Å². The van der Waals surface area contributed by atoms with Crippen LogP contribution in [-0.2, 0) is 0 Å². The normalized spacial score (nSPS) is 21.5. The van der Waals surface area contributed by atoms with Crippen molar-refractivity contribution in [2.75, 3.05) is 32.0 Å². The van der Waals surface area contributed by atoms with Crippen molar-refractivity contribution in [3.05, 3.63) is 27.7 Å². The maximum absolute atomic E-state index is 6.06. The third-order valence-corrected chi connectivity index (χ3v) is 4.65. The van der Waals surface area contributed by atoms with Gasteiger partial charge in [-0.3, -0.25) is 0 Å². The van der Waals surface area contributed by atoms with E-state index in [2.05, 4.69) is 39.3 Å². The van der Waals surface area contributed by atoms with Crippen molar-refractivity contribution in [1.82, 2.24) is 4.90 Å². The van der Waals surface area contributed by atoms with Gasteiger partial charge >= 0.3 is 0 Å². The van der Waals surface area contributed by atoms with E-state index in [0.717, 1.165) is 27.6 Å². The molecule has 4 heteroatoms. The molecule has 2 rings (SSSR count). The van der Waals surface area contributed by atoms with E-state index in [0.29, 0.717) is 0 Å². The number of halogens is 2. The molecule has 1 fully saturated rings. The summed E-state index contributed by atoms with van der Waals surface area (Å²) in [5, 5.41) is 4.25. The highest BCUT2D eigenvalue weighted by molar-refractivity contribution is 9.10. The van der Waals surface area contributed by atoms with Gasteiger partial charge in [-0.05, 0) is 60.4 Å². The molecule has 1 N–H and O–H groups in total. The van der Waals surface area contributed by atoms with Gasteiger partial charge in [0.1, 0.15) is 0 Å². The Morgan fingerprint density at radius 2 is 2.35 bits per heavy atom. The summed E-state index contributed by atoms with van der Waals surface area (Å²) >= 11 is 9.58. The van der Waals surface area contributed by atoms with Crippen LogP contribution in [0.25, 0.3) is 0 Å². The number of piperidine rings is 1. The second kappa shape index (κ2) is 6.07. The van der Waals surface area contributed by atoms with Gasteiger partial charge in [-0.2, -0.15) is 0 Å². The Balaban J connectivity index is 1.91. The number of rotatable bonds is 3. The summed E-state index contributed by atoms with van der Waals surface area (Å²) < 4.78 is 0.964. The zero-order chi connectivity index (χ0) is 12.3. The van der Waals surface area contributed by atoms with Crippen molar-refractivity contribution in [1.29, 1.82) is 0 Å². The predicted octanol–water partition coefficient (Wildman–Crippen LogP) is 3.86. The molecule has 1 heterocycles. The Labute approximate surface area is 116 Å². The number of nitrogens with zero attached hydrogens (tertiary/aromatic N) is 1. The average molecular weight is 318 g/mol. The van der Waals surface area contributed by atoms with Gasteiger partial charge < -0.3 is 10.2 Å². The van der Waals surface area contributed by atoms with Gasteiger partial charge in [0.15, 0.2) is 0 Å². The van der Waals surface area contributed by atoms with Crippen LogP contribution in [0.3, 0.4) is 0 Å². The minimum atomic E-state index is 0.736. The Morgan fingerprint density at radius 1 is 1.53 bits per heavy atom. The number of anilines is 1. The zero-order valence-corrected chi connectivity index (χ0v) is 12.4. The van der Waals surface area contributed by atoms with E-state index in [1.807, 2.05) is 12.1 Å². The molecule has 0 saturated carbocycles. The summed E-state index contributed by atoms with van der Waals surface area (Å²) in [5.74, 6) is 0.736. The first kappa shape index (κ1) is 13.2. The van der Waals surface area contributed by atoms with E-state index < -0.39 is 0 Å². The van der Waals surface area contributed by atoms with Crippen LogP contribution in [-0.4, -0.2) is 31.6 Å². The van der Waals surface area contributed by atoms with E-state index in [1.165, 1.54) is 25.9 Å². The molecular formula is C13H18BrClN2. The molecular weight excluding hydrogens is 300 g/mol. The lowest BCUT2D eigenvalue weighted by atomic mass is 9.98. The summed E-state index contributed by atoms with van der Waals surface area (Å²) in [6, 6.07) is 5.93. The standard InChI is InChI=1S/C13H18BrClN2/c1-17-7-3-4-10(9-17)8-16-12-6-2-5-11(15)13(12)14/h2,5-6,10,16H,3-4,7-9H2,1H3. The Morgan fingerprint density at radius 3 is 3.12 bits per heavy atom. The lowest BCUT2D eigenvalue weighted by Crippen LogP contribution is -2.35. The van der Waals surface area contributed by atoms with Crippen LogP contribution < -0.4 is 5.32 Å². The number of hydrogen-bond donors (Lipinski definition) is 1. The molecule has 1 atom stereocenters. The second-order valence-corrected chi connectivity index (χ2v) is 5.95. The minimum Gasteiger partial charge on any atom is -0.384 e. The van der Waals surface area contributed by atoms with Crippen LogP contribution in [0.1, 0.15) is 12.8 Å². The molecule has 0 bridgehead atoms. The molecule has 17 heavy (non-hydrogen) atoms. The first-order valence-corrected chi connectivity index (χ1v) is 7.20. The van der Waals surface area contributed by atoms with Gasteiger partial charge in [-0.25, -0.2) is 0 Å². The molecule has 0 aromatic heterocycles. The Hall–Kier alpha value is -0.250. The van der Waals surface area contributed by atoms with Crippen molar-refractivity contribution < 1.29 is 0 Å². The molecule has 1 aromatic rings. The highest BCUT2D eigenvalue weighted by atomic mass is 79.9. The third-order valence-electron chi connectivity index (χ3n) is 3.25. The van der Waals surface area contributed by atoms with E-state index >= 15 is 0 Å². The first-order valence-electron chi connectivity index (χ1n) is 6.03. The molecule has 0 spiro atoms. The Kier molecular flexibility index (Phi) is 4.71. The van der Waals surface area contributed by atoms with Crippen LogP contribution in [0.15, 0.2) is 22.7 Å². The van der Waals surface area contributed by atoms with Gasteiger partial charge in [0, 0.05) is 18.8 Å². The van der Waals surface area contributed by atoms with Crippen LogP contribution in [0.2, 0.25) is 5.02 Å². The molecule has 1 unspecified atom stereocenters. The van der Waals surface area contributed by atoms with Gasteiger partial charge in [0.2, 0.25) is 0 Å². The number of likely N-dealkylation sites (tertiary alicyclic amines) is 1. The monoisotopic (exact) mass is 316 g/mol. The fraction of sp³-hybridized carbons (Fsp3) is 0.538. The van der Waals surface area contributed by atoms with Gasteiger partial charge in [0.05, 0.1) is 9.50 Å². The molecule has 1 aromatic carbocycles. The van der Waals surface area contributed by atoms with E-state index in [-0.39, 0.29) is 0 Å². The van der Waals surface area contributed by atoms with Gasteiger partial charge in [-0.15, -0.1) is 0 Å². The topological polar surface area (TPSA) is 15.3 Å². The molecule has 1 aliphatic rings. The molecule has 1 aliphatic heterocycles. The van der Waals surface area contributed by atoms with Crippen molar-refractivity contribution in [2.24, 2.45) is 5.92 Å². The van der Waals surface area contributed by atoms with Crippen LogP contribution in [0.5, 0.6) is 0 Å². The van der Waals surface area contributed by atoms with Gasteiger partial charge in [0.25, 0.3) is 0 Å². The number of hydrogen-bond acceptors (Lipinski definition) is 2. The van der Waals surface area contributed by atoms with E-state index in [9.17, 15) is 0 Å². The fourth-order valence-electron chi connectivity index (χ4n) is 2.33. The SMILES string of the molecule is CN1CCCC(CNc2cccc(Cl)c2Br)C1. The largest absolute Gasteiger partial charge is 0.384 e. The highest BCUT2D eigenvalue weighted by Crippen LogP contribution is 2.30. The minimum absolute atomic E-state index is 0.736. The van der Waals surface area contributed by atoms with E-state index in [1.54, 1.807) is 0 Å². The lowest BCUT2D eigenvalue weighted by Gasteiger charge is -2.30. The molecule has 0 aliphatic carbocycles. The molecule has 0 amide bonds. The fourth-order valence-corrected chi connectivity index (χ4v) is 2.91. The Bertz CT molecular complexity index is 384. The summed E-state index contributed by atoms with van der Waals surface area (Å²) in [7, 11) is 2.20. The molecule has 1 saturated heterocycles. The molecule has 0 radical (unpaired) electrons. The van der Waals surface area contributed by atoms with Crippen LogP contribution >= 0.6 is 27.5 Å². The molecule has 94 valence electrons. The summed E-state index contributed by atoms with van der Waals surface area (Å²) in [4.78, 5) is 2.41. The molecule has 2 nitrogen and oxygen atoms in total. The summed E-state index contributed by atoms with van der Waals surface area (Å²) in [6.07, 6.45) is 2.62. The van der Waals surface area contributed by atoms with Crippen molar-refractivity contribution in [3.8, 4) is 0 Å². The van der Waals surface area contributed by atoms with Crippen LogP contribution in [0, 0.1) is 5.92 Å². The lowest BCUT2D eigenvalue weighted by molar-refractivity contribution is 0.217. The highest BCUT2D eigenvalue weighted by Gasteiger charge is 2.17. The smallest absolute Gasteiger partial charge is 0.0593 e. The predicted molar refractivity (Wildman–Crippen MR) is 77.9 cm³/mol. The first-order chi connectivity index (χ1) is 8.16.